The Bertz CT molecular complexity index is 505. The monoisotopic (exact) mass is 247 g/mol. The molecule has 0 aliphatic carbocycles. The SMILES string of the molecule is CC(C(=O)Nc1ccc(F)cc1C#N)C1CNC1. The van der Waals surface area contributed by atoms with Gasteiger partial charge in [-0.1, -0.05) is 6.92 Å². The molecule has 18 heavy (non-hydrogen) atoms. The Morgan fingerprint density at radius 3 is 2.89 bits per heavy atom. The zero-order valence-corrected chi connectivity index (χ0v) is 10.0. The zero-order valence-electron chi connectivity index (χ0n) is 10.0. The number of hydrogen-bond donors (Lipinski definition) is 2. The molecule has 1 aromatic carbocycles. The molecule has 2 N–H and O–H groups in total. The Balaban J connectivity index is 2.09. The summed E-state index contributed by atoms with van der Waals surface area (Å²) >= 11 is 0. The minimum Gasteiger partial charge on any atom is -0.325 e. The lowest BCUT2D eigenvalue weighted by molar-refractivity contribution is -0.121. The second kappa shape index (κ2) is 5.15. The minimum absolute atomic E-state index is 0.122. The van der Waals surface area contributed by atoms with Crippen molar-refractivity contribution in [1.82, 2.24) is 5.32 Å². The molecule has 0 spiro atoms. The smallest absolute Gasteiger partial charge is 0.227 e. The van der Waals surface area contributed by atoms with Crippen LogP contribution in [0.1, 0.15) is 12.5 Å². The van der Waals surface area contributed by atoms with Crippen LogP contribution in [0.5, 0.6) is 0 Å². The molecule has 1 heterocycles. The molecule has 0 bridgehead atoms. The van der Waals surface area contributed by atoms with Crippen LogP contribution < -0.4 is 10.6 Å². The summed E-state index contributed by atoms with van der Waals surface area (Å²) in [7, 11) is 0. The quantitative estimate of drug-likeness (QED) is 0.850. The number of carbonyl (C=O) groups excluding carboxylic acids is 1. The van der Waals surface area contributed by atoms with Crippen LogP contribution >= 0.6 is 0 Å². The first kappa shape index (κ1) is 12.5. The van der Waals surface area contributed by atoms with E-state index in [4.69, 9.17) is 5.26 Å². The van der Waals surface area contributed by atoms with E-state index in [2.05, 4.69) is 10.6 Å². The van der Waals surface area contributed by atoms with Gasteiger partial charge >= 0.3 is 0 Å². The van der Waals surface area contributed by atoms with Crippen LogP contribution in [-0.4, -0.2) is 19.0 Å². The standard InChI is InChI=1S/C13H14FN3O/c1-8(10-6-16-7-10)13(18)17-12-3-2-11(14)4-9(12)5-15/h2-4,8,10,16H,6-7H2,1H3,(H,17,18). The predicted octanol–water partition coefficient (Wildman–Crippen LogP) is 1.49. The molecule has 1 aliphatic heterocycles. The topological polar surface area (TPSA) is 64.9 Å². The van der Waals surface area contributed by atoms with Crippen molar-refractivity contribution >= 4 is 11.6 Å². The average molecular weight is 247 g/mol. The van der Waals surface area contributed by atoms with Crippen molar-refractivity contribution in [1.29, 1.82) is 5.26 Å². The minimum atomic E-state index is -0.485. The summed E-state index contributed by atoms with van der Waals surface area (Å²) in [4.78, 5) is 12.0. The maximum Gasteiger partial charge on any atom is 0.227 e. The van der Waals surface area contributed by atoms with E-state index in [1.165, 1.54) is 12.1 Å². The van der Waals surface area contributed by atoms with E-state index < -0.39 is 5.82 Å². The van der Waals surface area contributed by atoms with E-state index in [1.54, 1.807) is 0 Å². The van der Waals surface area contributed by atoms with Gasteiger partial charge in [-0.2, -0.15) is 5.26 Å². The molecule has 0 aromatic heterocycles. The van der Waals surface area contributed by atoms with Gasteiger partial charge in [0.1, 0.15) is 11.9 Å². The Morgan fingerprint density at radius 2 is 2.33 bits per heavy atom. The van der Waals surface area contributed by atoms with Crippen molar-refractivity contribution in [2.45, 2.75) is 6.92 Å². The lowest BCUT2D eigenvalue weighted by Crippen LogP contribution is -2.48. The summed E-state index contributed by atoms with van der Waals surface area (Å²) in [5.74, 6) is -0.413. The number of rotatable bonds is 3. The lowest BCUT2D eigenvalue weighted by Gasteiger charge is -2.31. The van der Waals surface area contributed by atoms with Gasteiger partial charge in [-0.05, 0) is 37.2 Å². The van der Waals surface area contributed by atoms with Gasteiger partial charge in [0, 0.05) is 5.92 Å². The summed E-state index contributed by atoms with van der Waals surface area (Å²) in [6, 6.07) is 5.63. The van der Waals surface area contributed by atoms with E-state index in [0.29, 0.717) is 11.6 Å². The molecule has 5 heteroatoms. The normalized spacial score (nSPS) is 16.5. The van der Waals surface area contributed by atoms with Crippen LogP contribution in [0.2, 0.25) is 0 Å². The van der Waals surface area contributed by atoms with Gasteiger partial charge in [0.05, 0.1) is 11.3 Å². The molecule has 1 atom stereocenters. The first-order chi connectivity index (χ1) is 8.61. The van der Waals surface area contributed by atoms with E-state index in [1.807, 2.05) is 13.0 Å². The van der Waals surface area contributed by atoms with Gasteiger partial charge in [-0.15, -0.1) is 0 Å². The molecule has 2 rings (SSSR count). The van der Waals surface area contributed by atoms with Crippen LogP contribution in [0.4, 0.5) is 10.1 Å². The fourth-order valence-corrected chi connectivity index (χ4v) is 1.84. The largest absolute Gasteiger partial charge is 0.325 e. The Hall–Kier alpha value is -1.93. The number of carbonyl (C=O) groups is 1. The molecule has 0 radical (unpaired) electrons. The van der Waals surface area contributed by atoms with Crippen molar-refractivity contribution in [2.75, 3.05) is 18.4 Å². The first-order valence-electron chi connectivity index (χ1n) is 5.83. The van der Waals surface area contributed by atoms with Gasteiger partial charge in [0.2, 0.25) is 5.91 Å². The summed E-state index contributed by atoms with van der Waals surface area (Å²) in [6.07, 6.45) is 0. The summed E-state index contributed by atoms with van der Waals surface area (Å²) in [5.41, 5.74) is 0.505. The maximum atomic E-state index is 13.0. The number of benzene rings is 1. The lowest BCUT2D eigenvalue weighted by atomic mass is 9.88. The number of nitriles is 1. The number of hydrogen-bond acceptors (Lipinski definition) is 3. The Kier molecular flexibility index (Phi) is 3.58. The summed E-state index contributed by atoms with van der Waals surface area (Å²) < 4.78 is 13.0. The summed E-state index contributed by atoms with van der Waals surface area (Å²) in [5, 5.41) is 14.7. The Labute approximate surface area is 105 Å². The van der Waals surface area contributed by atoms with Gasteiger partial charge in [0.15, 0.2) is 0 Å². The van der Waals surface area contributed by atoms with Gasteiger partial charge in [0.25, 0.3) is 0 Å². The molecular formula is C13H14FN3O. The van der Waals surface area contributed by atoms with Crippen LogP contribution in [-0.2, 0) is 4.79 Å². The number of amides is 1. The van der Waals surface area contributed by atoms with Crippen LogP contribution in [0.3, 0.4) is 0 Å². The highest BCUT2D eigenvalue weighted by molar-refractivity contribution is 5.93. The van der Waals surface area contributed by atoms with Crippen LogP contribution in [0, 0.1) is 29.0 Å². The second-order valence-electron chi connectivity index (χ2n) is 4.50. The highest BCUT2D eigenvalue weighted by Crippen LogP contribution is 2.20. The molecule has 1 aliphatic rings. The van der Waals surface area contributed by atoms with Crippen LogP contribution in [0.25, 0.3) is 0 Å². The molecule has 1 amide bonds. The van der Waals surface area contributed by atoms with E-state index in [9.17, 15) is 9.18 Å². The van der Waals surface area contributed by atoms with Gasteiger partial charge in [-0.3, -0.25) is 4.79 Å². The van der Waals surface area contributed by atoms with E-state index in [0.717, 1.165) is 19.2 Å². The van der Waals surface area contributed by atoms with E-state index >= 15 is 0 Å². The molecule has 1 aromatic rings. The number of anilines is 1. The number of nitrogens with zero attached hydrogens (tertiary/aromatic N) is 1. The van der Waals surface area contributed by atoms with Crippen molar-refractivity contribution < 1.29 is 9.18 Å². The third-order valence-electron chi connectivity index (χ3n) is 3.29. The average Bonchev–Trinajstić information content (AvgIpc) is 2.29. The third-order valence-corrected chi connectivity index (χ3v) is 3.29. The molecule has 1 saturated heterocycles. The fourth-order valence-electron chi connectivity index (χ4n) is 1.84. The second-order valence-corrected chi connectivity index (χ2v) is 4.50. The van der Waals surface area contributed by atoms with Crippen LogP contribution in [0.15, 0.2) is 18.2 Å². The summed E-state index contributed by atoms with van der Waals surface area (Å²) in [6.45, 7) is 3.53. The van der Waals surface area contributed by atoms with Crippen molar-refractivity contribution in [3.63, 3.8) is 0 Å². The fraction of sp³-hybridized carbons (Fsp3) is 0.385. The van der Waals surface area contributed by atoms with E-state index in [-0.39, 0.29) is 17.4 Å². The van der Waals surface area contributed by atoms with Crippen molar-refractivity contribution in [2.24, 2.45) is 11.8 Å². The Morgan fingerprint density at radius 1 is 1.61 bits per heavy atom. The van der Waals surface area contributed by atoms with Crippen molar-refractivity contribution in [3.8, 4) is 6.07 Å². The molecule has 0 saturated carbocycles. The maximum absolute atomic E-state index is 13.0. The van der Waals surface area contributed by atoms with Crippen molar-refractivity contribution in [3.05, 3.63) is 29.6 Å². The first-order valence-corrected chi connectivity index (χ1v) is 5.83. The highest BCUT2D eigenvalue weighted by Gasteiger charge is 2.28. The van der Waals surface area contributed by atoms with Gasteiger partial charge in [-0.25, -0.2) is 4.39 Å². The predicted molar refractivity (Wildman–Crippen MR) is 65.3 cm³/mol. The third kappa shape index (κ3) is 2.49. The number of halogens is 1. The molecular weight excluding hydrogens is 233 g/mol. The zero-order chi connectivity index (χ0) is 13.1. The highest BCUT2D eigenvalue weighted by atomic mass is 19.1. The molecule has 1 fully saturated rings. The molecule has 4 nitrogen and oxygen atoms in total. The molecule has 1 unspecified atom stereocenters. The van der Waals surface area contributed by atoms with Gasteiger partial charge < -0.3 is 10.6 Å². The number of nitrogens with one attached hydrogen (secondary N) is 2. The molecule has 94 valence electrons.